The Hall–Kier alpha value is -1.51. The van der Waals surface area contributed by atoms with Gasteiger partial charge in [0.25, 0.3) is 0 Å². The van der Waals surface area contributed by atoms with Gasteiger partial charge in [0.1, 0.15) is 5.75 Å². The van der Waals surface area contributed by atoms with Crippen LogP contribution in [0.2, 0.25) is 0 Å². The molecular weight excluding hydrogens is 238 g/mol. The second-order valence-electron chi connectivity index (χ2n) is 4.89. The molecule has 0 fully saturated rings. The van der Waals surface area contributed by atoms with E-state index in [1.54, 1.807) is 7.11 Å². The fourth-order valence-corrected chi connectivity index (χ4v) is 2.16. The van der Waals surface area contributed by atoms with Crippen LogP contribution in [-0.2, 0) is 4.79 Å². The van der Waals surface area contributed by atoms with Gasteiger partial charge in [0, 0.05) is 12.5 Å². The van der Waals surface area contributed by atoms with Gasteiger partial charge in [-0.05, 0) is 38.0 Å². The fraction of sp³-hybridized carbons (Fsp3) is 0.562. The van der Waals surface area contributed by atoms with Crippen LogP contribution in [0.3, 0.4) is 0 Å². The van der Waals surface area contributed by atoms with E-state index in [1.807, 2.05) is 49.9 Å². The molecular formula is C16H25NO2. The monoisotopic (exact) mass is 263 g/mol. The van der Waals surface area contributed by atoms with Gasteiger partial charge in [0.05, 0.1) is 13.2 Å². The van der Waals surface area contributed by atoms with E-state index in [0.29, 0.717) is 0 Å². The molecule has 106 valence electrons. The van der Waals surface area contributed by atoms with Crippen molar-refractivity contribution >= 4 is 5.91 Å². The predicted molar refractivity (Wildman–Crippen MR) is 78.3 cm³/mol. The Morgan fingerprint density at radius 1 is 1.32 bits per heavy atom. The van der Waals surface area contributed by atoms with Gasteiger partial charge in [-0.2, -0.15) is 0 Å². The van der Waals surface area contributed by atoms with Crippen LogP contribution in [0.4, 0.5) is 0 Å². The average Bonchev–Trinajstić information content (AvgIpc) is 2.46. The Balaban J connectivity index is 2.94. The second-order valence-corrected chi connectivity index (χ2v) is 4.89. The van der Waals surface area contributed by atoms with Crippen LogP contribution >= 0.6 is 0 Å². The van der Waals surface area contributed by atoms with Crippen LogP contribution in [-0.4, -0.2) is 24.5 Å². The van der Waals surface area contributed by atoms with Crippen molar-refractivity contribution in [3.05, 3.63) is 29.8 Å². The lowest BCUT2D eigenvalue weighted by Gasteiger charge is -2.30. The predicted octanol–water partition coefficient (Wildman–Crippen LogP) is 3.65. The van der Waals surface area contributed by atoms with Crippen molar-refractivity contribution in [2.24, 2.45) is 5.92 Å². The van der Waals surface area contributed by atoms with Gasteiger partial charge in [-0.1, -0.05) is 26.0 Å². The molecule has 2 atom stereocenters. The zero-order chi connectivity index (χ0) is 14.4. The van der Waals surface area contributed by atoms with Crippen LogP contribution in [0, 0.1) is 5.92 Å². The summed E-state index contributed by atoms with van der Waals surface area (Å²) in [5.74, 6) is 1.13. The quantitative estimate of drug-likeness (QED) is 0.784. The molecule has 0 aromatic heterocycles. The molecule has 3 heteroatoms. The molecule has 0 aliphatic carbocycles. The molecule has 1 amide bonds. The molecule has 0 bridgehead atoms. The van der Waals surface area contributed by atoms with Crippen LogP contribution < -0.4 is 4.74 Å². The summed E-state index contributed by atoms with van der Waals surface area (Å²) in [6, 6.07) is 7.99. The van der Waals surface area contributed by atoms with Crippen molar-refractivity contribution in [2.45, 2.75) is 40.2 Å². The first-order valence-electron chi connectivity index (χ1n) is 6.99. The summed E-state index contributed by atoms with van der Waals surface area (Å²) >= 11 is 0. The number of carbonyl (C=O) groups excluding carboxylic acids is 1. The summed E-state index contributed by atoms with van der Waals surface area (Å²) in [6.45, 7) is 8.85. The minimum Gasteiger partial charge on any atom is -0.497 e. The van der Waals surface area contributed by atoms with Gasteiger partial charge in [-0.3, -0.25) is 4.79 Å². The SMILES string of the molecule is CCC(C)C(=O)N(CC)C(C)c1cccc(OC)c1. The zero-order valence-electron chi connectivity index (χ0n) is 12.6. The number of amides is 1. The molecule has 0 aliphatic rings. The zero-order valence-corrected chi connectivity index (χ0v) is 12.6. The summed E-state index contributed by atoms with van der Waals surface area (Å²) in [5, 5.41) is 0. The third-order valence-corrected chi connectivity index (χ3v) is 3.70. The lowest BCUT2D eigenvalue weighted by molar-refractivity contribution is -0.137. The van der Waals surface area contributed by atoms with Gasteiger partial charge in [-0.25, -0.2) is 0 Å². The van der Waals surface area contributed by atoms with Crippen molar-refractivity contribution in [3.63, 3.8) is 0 Å². The highest BCUT2D eigenvalue weighted by Gasteiger charge is 2.23. The molecule has 0 saturated heterocycles. The number of carbonyl (C=O) groups is 1. The molecule has 19 heavy (non-hydrogen) atoms. The van der Waals surface area contributed by atoms with E-state index >= 15 is 0 Å². The topological polar surface area (TPSA) is 29.5 Å². The number of rotatable bonds is 6. The molecule has 0 N–H and O–H groups in total. The third-order valence-electron chi connectivity index (χ3n) is 3.70. The molecule has 2 unspecified atom stereocenters. The molecule has 0 spiro atoms. The number of benzene rings is 1. The van der Waals surface area contributed by atoms with Crippen molar-refractivity contribution in [3.8, 4) is 5.75 Å². The number of nitrogens with zero attached hydrogens (tertiary/aromatic N) is 1. The standard InChI is InChI=1S/C16H25NO2/c1-6-12(3)16(18)17(7-2)13(4)14-9-8-10-15(11-14)19-5/h8-13H,6-7H2,1-5H3. The van der Waals surface area contributed by atoms with Crippen LogP contribution in [0.15, 0.2) is 24.3 Å². The highest BCUT2D eigenvalue weighted by Crippen LogP contribution is 2.25. The summed E-state index contributed by atoms with van der Waals surface area (Å²) < 4.78 is 5.24. The first-order chi connectivity index (χ1) is 9.04. The highest BCUT2D eigenvalue weighted by molar-refractivity contribution is 5.78. The first-order valence-corrected chi connectivity index (χ1v) is 6.99. The number of hydrogen-bond acceptors (Lipinski definition) is 2. The maximum Gasteiger partial charge on any atom is 0.225 e. The molecule has 0 radical (unpaired) electrons. The number of ether oxygens (including phenoxy) is 1. The van der Waals surface area contributed by atoms with E-state index in [2.05, 4.69) is 6.92 Å². The summed E-state index contributed by atoms with van der Waals surface area (Å²) in [4.78, 5) is 14.3. The maximum absolute atomic E-state index is 12.4. The second kappa shape index (κ2) is 7.17. The van der Waals surface area contributed by atoms with E-state index in [0.717, 1.165) is 24.3 Å². The summed E-state index contributed by atoms with van der Waals surface area (Å²) in [7, 11) is 1.66. The molecule has 1 rings (SSSR count). The Morgan fingerprint density at radius 2 is 2.00 bits per heavy atom. The first kappa shape index (κ1) is 15.5. The lowest BCUT2D eigenvalue weighted by atomic mass is 10.0. The molecule has 0 aliphatic heterocycles. The van der Waals surface area contributed by atoms with Crippen molar-refractivity contribution in [1.82, 2.24) is 4.90 Å². The largest absolute Gasteiger partial charge is 0.497 e. The van der Waals surface area contributed by atoms with E-state index < -0.39 is 0 Å². The molecule has 1 aromatic carbocycles. The van der Waals surface area contributed by atoms with Crippen LogP contribution in [0.5, 0.6) is 5.75 Å². The minimum atomic E-state index is 0.0709. The Morgan fingerprint density at radius 3 is 2.53 bits per heavy atom. The van der Waals surface area contributed by atoms with E-state index in [-0.39, 0.29) is 17.9 Å². The lowest BCUT2D eigenvalue weighted by Crippen LogP contribution is -2.36. The maximum atomic E-state index is 12.4. The van der Waals surface area contributed by atoms with Crippen molar-refractivity contribution in [1.29, 1.82) is 0 Å². The molecule has 0 heterocycles. The van der Waals surface area contributed by atoms with E-state index in [4.69, 9.17) is 4.74 Å². The summed E-state index contributed by atoms with van der Waals surface area (Å²) in [5.41, 5.74) is 1.11. The number of hydrogen-bond donors (Lipinski definition) is 0. The molecule has 1 aromatic rings. The molecule has 0 saturated carbocycles. The van der Waals surface area contributed by atoms with Gasteiger partial charge in [-0.15, -0.1) is 0 Å². The highest BCUT2D eigenvalue weighted by atomic mass is 16.5. The van der Waals surface area contributed by atoms with Gasteiger partial charge in [0.15, 0.2) is 0 Å². The van der Waals surface area contributed by atoms with Gasteiger partial charge < -0.3 is 9.64 Å². The Labute approximate surface area is 116 Å². The van der Waals surface area contributed by atoms with Gasteiger partial charge in [0.2, 0.25) is 5.91 Å². The smallest absolute Gasteiger partial charge is 0.225 e. The van der Waals surface area contributed by atoms with Gasteiger partial charge >= 0.3 is 0 Å². The Kier molecular flexibility index (Phi) is 5.87. The number of methoxy groups -OCH3 is 1. The van der Waals surface area contributed by atoms with E-state index in [1.165, 1.54) is 0 Å². The Bertz CT molecular complexity index is 417. The van der Waals surface area contributed by atoms with Crippen molar-refractivity contribution in [2.75, 3.05) is 13.7 Å². The van der Waals surface area contributed by atoms with Crippen molar-refractivity contribution < 1.29 is 9.53 Å². The normalized spacial score (nSPS) is 13.7. The average molecular weight is 263 g/mol. The van der Waals surface area contributed by atoms with Crippen LogP contribution in [0.1, 0.15) is 45.7 Å². The summed E-state index contributed by atoms with van der Waals surface area (Å²) in [6.07, 6.45) is 0.875. The van der Waals surface area contributed by atoms with E-state index in [9.17, 15) is 4.79 Å². The molecule has 3 nitrogen and oxygen atoms in total. The fourth-order valence-electron chi connectivity index (χ4n) is 2.16. The third kappa shape index (κ3) is 3.72. The van der Waals surface area contributed by atoms with Crippen LogP contribution in [0.25, 0.3) is 0 Å². The minimum absolute atomic E-state index is 0.0709.